The smallest absolute Gasteiger partial charge is 0.277 e. The van der Waals surface area contributed by atoms with Crippen LogP contribution in [-0.4, -0.2) is 37.9 Å². The highest BCUT2D eigenvalue weighted by molar-refractivity contribution is 9.10. The summed E-state index contributed by atoms with van der Waals surface area (Å²) in [6, 6.07) is 8.03. The van der Waals surface area contributed by atoms with E-state index in [1.165, 1.54) is 18.5 Å². The molecule has 10 heteroatoms. The van der Waals surface area contributed by atoms with Gasteiger partial charge < -0.3 is 10.6 Å². The minimum Gasteiger partial charge on any atom is -0.351 e. The van der Waals surface area contributed by atoms with Crippen LogP contribution in [0.5, 0.6) is 0 Å². The number of aliphatic imine (C=N–C) groups is 1. The third-order valence-electron chi connectivity index (χ3n) is 3.48. The van der Waals surface area contributed by atoms with Crippen LogP contribution in [0.3, 0.4) is 0 Å². The predicted octanol–water partition coefficient (Wildman–Crippen LogP) is 5.08. The van der Waals surface area contributed by atoms with Crippen LogP contribution in [0.4, 0.5) is 21.5 Å². The summed E-state index contributed by atoms with van der Waals surface area (Å²) in [4.78, 5) is 21.4. The maximum atomic E-state index is 15.1. The van der Waals surface area contributed by atoms with Crippen molar-refractivity contribution in [2.24, 2.45) is 4.99 Å². The number of anilines is 3. The van der Waals surface area contributed by atoms with Gasteiger partial charge in [-0.2, -0.15) is 11.8 Å². The van der Waals surface area contributed by atoms with Crippen LogP contribution < -0.4 is 16.1 Å². The molecule has 2 aromatic rings. The lowest BCUT2D eigenvalue weighted by Crippen LogP contribution is -2.26. The number of nitrogens with zero attached hydrogens (tertiary/aromatic N) is 1. The molecule has 0 bridgehead atoms. The van der Waals surface area contributed by atoms with Gasteiger partial charge in [0.05, 0.1) is 40.6 Å². The van der Waals surface area contributed by atoms with Crippen molar-refractivity contribution in [1.29, 1.82) is 0 Å². The topological polar surface area (TPSA) is 74.8 Å². The zero-order chi connectivity index (χ0) is 20.5. The van der Waals surface area contributed by atoms with Crippen LogP contribution in [0.15, 0.2) is 39.8 Å². The van der Waals surface area contributed by atoms with Gasteiger partial charge in [0, 0.05) is 17.3 Å². The van der Waals surface area contributed by atoms with Crippen molar-refractivity contribution in [3.8, 4) is 0 Å². The van der Waals surface area contributed by atoms with Crippen LogP contribution >= 0.6 is 39.3 Å². The maximum absolute atomic E-state index is 15.1. The number of hydrogen-bond acceptors (Lipinski definition) is 5. The SMILES string of the molecule is CN=CNc1ccc(C(=O)NOCCSC)c(Nc2ccc(Br)cc2Cl)c1F. The molecule has 0 aliphatic rings. The van der Waals surface area contributed by atoms with E-state index < -0.39 is 11.7 Å². The molecule has 0 aliphatic carbocycles. The lowest BCUT2D eigenvalue weighted by molar-refractivity contribution is 0.0375. The van der Waals surface area contributed by atoms with Gasteiger partial charge in [0.25, 0.3) is 5.91 Å². The average Bonchev–Trinajstić information content (AvgIpc) is 2.67. The van der Waals surface area contributed by atoms with Crippen LogP contribution in [0.2, 0.25) is 5.02 Å². The summed E-state index contributed by atoms with van der Waals surface area (Å²) in [6.07, 6.45) is 3.27. The number of carbonyl (C=O) groups excluding carboxylic acids is 1. The maximum Gasteiger partial charge on any atom is 0.277 e. The zero-order valence-corrected chi connectivity index (χ0v) is 18.3. The molecule has 0 saturated carbocycles. The van der Waals surface area contributed by atoms with Crippen molar-refractivity contribution in [2.75, 3.05) is 36.3 Å². The lowest BCUT2D eigenvalue weighted by Gasteiger charge is -2.16. The highest BCUT2D eigenvalue weighted by Gasteiger charge is 2.20. The predicted molar refractivity (Wildman–Crippen MR) is 119 cm³/mol. The van der Waals surface area contributed by atoms with Gasteiger partial charge in [0.15, 0.2) is 5.82 Å². The summed E-state index contributed by atoms with van der Waals surface area (Å²) in [5.41, 5.74) is 2.96. The molecule has 0 aliphatic heterocycles. The Hall–Kier alpha value is -1.81. The van der Waals surface area contributed by atoms with E-state index in [1.54, 1.807) is 37.0 Å². The number of benzene rings is 2. The number of rotatable bonds is 9. The molecule has 150 valence electrons. The third-order valence-corrected chi connectivity index (χ3v) is 4.86. The van der Waals surface area contributed by atoms with Gasteiger partial charge in [0.1, 0.15) is 0 Å². The first kappa shape index (κ1) is 22.5. The molecule has 0 saturated heterocycles. The van der Waals surface area contributed by atoms with Gasteiger partial charge in [-0.15, -0.1) is 0 Å². The summed E-state index contributed by atoms with van der Waals surface area (Å²) < 4.78 is 15.9. The van der Waals surface area contributed by atoms with Crippen molar-refractivity contribution in [3.05, 3.63) is 51.2 Å². The zero-order valence-electron chi connectivity index (χ0n) is 15.2. The summed E-state index contributed by atoms with van der Waals surface area (Å²) in [6.45, 7) is 0.337. The van der Waals surface area contributed by atoms with Gasteiger partial charge in [-0.25, -0.2) is 9.87 Å². The first-order valence-corrected chi connectivity index (χ1v) is 10.7. The van der Waals surface area contributed by atoms with Crippen LogP contribution in [0.25, 0.3) is 0 Å². The van der Waals surface area contributed by atoms with E-state index in [0.717, 1.165) is 4.47 Å². The Morgan fingerprint density at radius 3 is 2.79 bits per heavy atom. The monoisotopic (exact) mass is 488 g/mol. The molecule has 0 spiro atoms. The van der Waals surface area contributed by atoms with Crippen molar-refractivity contribution in [1.82, 2.24) is 5.48 Å². The second-order valence-corrected chi connectivity index (χ2v) is 7.71. The Balaban J connectivity index is 2.37. The molecular formula is C18H19BrClFN4O2S. The summed E-state index contributed by atoms with van der Waals surface area (Å²) in [5, 5.41) is 5.99. The fourth-order valence-corrected chi connectivity index (χ4v) is 3.13. The fourth-order valence-electron chi connectivity index (χ4n) is 2.16. The summed E-state index contributed by atoms with van der Waals surface area (Å²) in [7, 11) is 1.55. The van der Waals surface area contributed by atoms with Gasteiger partial charge in [-0.05, 0) is 36.6 Å². The minimum atomic E-state index is -0.657. The molecule has 1 amide bonds. The quantitative estimate of drug-likeness (QED) is 0.198. The van der Waals surface area contributed by atoms with Crippen LogP contribution in [0.1, 0.15) is 10.4 Å². The van der Waals surface area contributed by atoms with E-state index in [2.05, 4.69) is 37.0 Å². The summed E-state index contributed by atoms with van der Waals surface area (Å²) in [5.74, 6) is -0.518. The van der Waals surface area contributed by atoms with Crippen molar-refractivity contribution >= 4 is 68.6 Å². The molecule has 2 rings (SSSR count). The number of carbonyl (C=O) groups is 1. The first-order valence-electron chi connectivity index (χ1n) is 8.10. The van der Waals surface area contributed by atoms with E-state index in [1.807, 2.05) is 6.26 Å². The standard InChI is InChI=1S/C18H19BrClFN4O2S/c1-22-10-23-15-6-4-12(18(26)25-27-7-8-28-2)17(16(15)21)24-14-5-3-11(19)9-13(14)20/h3-6,9-10,24H,7-8H2,1-2H3,(H,22,23)(H,25,26). The number of hydrogen-bond donors (Lipinski definition) is 3. The Labute approximate surface area is 180 Å². The molecular weight excluding hydrogens is 471 g/mol. The van der Waals surface area contributed by atoms with Gasteiger partial charge in [0.2, 0.25) is 0 Å². The number of amides is 1. The molecule has 0 radical (unpaired) electrons. The highest BCUT2D eigenvalue weighted by atomic mass is 79.9. The number of thioether (sulfide) groups is 1. The largest absolute Gasteiger partial charge is 0.351 e. The Kier molecular flexibility index (Phi) is 9.04. The Morgan fingerprint density at radius 1 is 1.36 bits per heavy atom. The molecule has 28 heavy (non-hydrogen) atoms. The molecule has 0 heterocycles. The van der Waals surface area contributed by atoms with E-state index >= 15 is 4.39 Å². The normalized spacial score (nSPS) is 10.9. The third kappa shape index (κ3) is 6.10. The Morgan fingerprint density at radius 2 is 2.11 bits per heavy atom. The van der Waals surface area contributed by atoms with E-state index in [-0.39, 0.29) is 16.9 Å². The second-order valence-electron chi connectivity index (χ2n) is 5.40. The van der Waals surface area contributed by atoms with Gasteiger partial charge >= 0.3 is 0 Å². The minimum absolute atomic E-state index is 0.0373. The molecule has 0 fully saturated rings. The van der Waals surface area contributed by atoms with Gasteiger partial charge in [-0.3, -0.25) is 14.6 Å². The molecule has 3 N–H and O–H groups in total. The molecule has 2 aromatic carbocycles. The molecule has 0 aromatic heterocycles. The van der Waals surface area contributed by atoms with Crippen molar-refractivity contribution in [3.63, 3.8) is 0 Å². The fraction of sp³-hybridized carbons (Fsp3) is 0.222. The number of halogens is 3. The average molecular weight is 490 g/mol. The molecule has 0 atom stereocenters. The van der Waals surface area contributed by atoms with Crippen molar-refractivity contribution in [2.45, 2.75) is 0 Å². The Bertz CT molecular complexity index is 870. The number of hydroxylamine groups is 1. The van der Waals surface area contributed by atoms with Crippen LogP contribution in [0, 0.1) is 5.82 Å². The van der Waals surface area contributed by atoms with E-state index in [0.29, 0.717) is 23.1 Å². The van der Waals surface area contributed by atoms with E-state index in [4.69, 9.17) is 16.4 Å². The van der Waals surface area contributed by atoms with Crippen LogP contribution in [-0.2, 0) is 4.84 Å². The molecule has 0 unspecified atom stereocenters. The second kappa shape index (κ2) is 11.3. The summed E-state index contributed by atoms with van der Waals surface area (Å²) >= 11 is 11.1. The lowest BCUT2D eigenvalue weighted by atomic mass is 10.1. The number of nitrogens with one attached hydrogen (secondary N) is 3. The van der Waals surface area contributed by atoms with Gasteiger partial charge in [-0.1, -0.05) is 27.5 Å². The van der Waals surface area contributed by atoms with E-state index in [9.17, 15) is 4.79 Å². The first-order chi connectivity index (χ1) is 13.5. The highest BCUT2D eigenvalue weighted by Crippen LogP contribution is 2.33. The van der Waals surface area contributed by atoms with Crippen molar-refractivity contribution < 1.29 is 14.0 Å². The molecule has 6 nitrogen and oxygen atoms in total.